The van der Waals surface area contributed by atoms with E-state index in [1.165, 1.54) is 0 Å². The topological polar surface area (TPSA) is 44.7 Å². The van der Waals surface area contributed by atoms with Crippen LogP contribution in [-0.2, 0) is 0 Å². The minimum atomic E-state index is -0.603. The molecule has 1 atom stereocenters. The molecule has 21 heavy (non-hydrogen) atoms. The van der Waals surface area contributed by atoms with E-state index in [4.69, 9.17) is 16.3 Å². The first kappa shape index (κ1) is 16.6. The molecule has 1 fully saturated rings. The Bertz CT molecular complexity index is 419. The first-order valence-electron chi connectivity index (χ1n) is 7.65. The summed E-state index contributed by atoms with van der Waals surface area (Å²) in [6, 6.07) is 7.39. The number of β-amino-alcohol motifs (C(OH)–C–C–N with tert-alkyl or cyclic N) is 1. The van der Waals surface area contributed by atoms with Crippen molar-refractivity contribution >= 4 is 11.6 Å². The normalized spacial score (nSPS) is 22.5. The van der Waals surface area contributed by atoms with Crippen molar-refractivity contribution in [1.82, 2.24) is 10.2 Å². The summed E-state index contributed by atoms with van der Waals surface area (Å²) in [6.45, 7) is 6.82. The molecular weight excluding hydrogens is 288 g/mol. The fraction of sp³-hybridized carbons (Fsp3) is 0.625. The van der Waals surface area contributed by atoms with Gasteiger partial charge in [-0.2, -0.15) is 0 Å². The SMILES string of the molecule is CCN(CCOc1ccc(Cl)cc1)C[C@@]1(O)CCCNC1. The number of likely N-dealkylation sites (N-methyl/N-ethyl adjacent to an activating group) is 1. The number of rotatable bonds is 7. The van der Waals surface area contributed by atoms with Crippen molar-refractivity contribution in [2.75, 3.05) is 39.3 Å². The van der Waals surface area contributed by atoms with Crippen LogP contribution in [0.25, 0.3) is 0 Å². The Morgan fingerprint density at radius 1 is 1.38 bits per heavy atom. The zero-order valence-corrected chi connectivity index (χ0v) is 13.4. The lowest BCUT2D eigenvalue weighted by molar-refractivity contribution is -0.0163. The zero-order chi connectivity index (χ0) is 15.1. The van der Waals surface area contributed by atoms with Gasteiger partial charge in [-0.25, -0.2) is 0 Å². The van der Waals surface area contributed by atoms with Crippen molar-refractivity contribution in [1.29, 1.82) is 0 Å². The molecule has 118 valence electrons. The highest BCUT2D eigenvalue weighted by atomic mass is 35.5. The quantitative estimate of drug-likeness (QED) is 0.810. The fourth-order valence-corrected chi connectivity index (χ4v) is 2.80. The van der Waals surface area contributed by atoms with Crippen LogP contribution in [0.1, 0.15) is 19.8 Å². The van der Waals surface area contributed by atoms with Crippen LogP contribution in [0.5, 0.6) is 5.75 Å². The number of hydrogen-bond donors (Lipinski definition) is 2. The van der Waals surface area contributed by atoms with Crippen molar-refractivity contribution < 1.29 is 9.84 Å². The molecule has 2 N–H and O–H groups in total. The highest BCUT2D eigenvalue weighted by Crippen LogP contribution is 2.18. The second-order valence-electron chi connectivity index (χ2n) is 5.68. The van der Waals surface area contributed by atoms with Crippen LogP contribution in [0.4, 0.5) is 0 Å². The van der Waals surface area contributed by atoms with Gasteiger partial charge in [0.05, 0.1) is 5.60 Å². The molecule has 1 aromatic carbocycles. The molecule has 1 heterocycles. The maximum Gasteiger partial charge on any atom is 0.119 e. The number of benzene rings is 1. The summed E-state index contributed by atoms with van der Waals surface area (Å²) in [4.78, 5) is 2.24. The predicted octanol–water partition coefficient (Wildman–Crippen LogP) is 2.16. The van der Waals surface area contributed by atoms with E-state index in [1.807, 2.05) is 24.3 Å². The highest BCUT2D eigenvalue weighted by molar-refractivity contribution is 6.30. The van der Waals surface area contributed by atoms with Crippen LogP contribution in [0.2, 0.25) is 5.02 Å². The Morgan fingerprint density at radius 3 is 2.76 bits per heavy atom. The van der Waals surface area contributed by atoms with Gasteiger partial charge in [-0.15, -0.1) is 0 Å². The van der Waals surface area contributed by atoms with Gasteiger partial charge in [-0.05, 0) is 50.2 Å². The van der Waals surface area contributed by atoms with E-state index in [1.54, 1.807) is 0 Å². The minimum absolute atomic E-state index is 0.603. The van der Waals surface area contributed by atoms with Crippen LogP contribution in [0, 0.1) is 0 Å². The lowest BCUT2D eigenvalue weighted by Gasteiger charge is -2.37. The van der Waals surface area contributed by atoms with E-state index >= 15 is 0 Å². The summed E-state index contributed by atoms with van der Waals surface area (Å²) in [5.74, 6) is 0.827. The van der Waals surface area contributed by atoms with Crippen LogP contribution in [0.15, 0.2) is 24.3 Å². The van der Waals surface area contributed by atoms with Gasteiger partial charge in [-0.3, -0.25) is 4.90 Å². The van der Waals surface area contributed by atoms with Crippen LogP contribution in [-0.4, -0.2) is 54.9 Å². The van der Waals surface area contributed by atoms with Gasteiger partial charge in [0.2, 0.25) is 0 Å². The van der Waals surface area contributed by atoms with E-state index in [2.05, 4.69) is 17.1 Å². The molecule has 0 aromatic heterocycles. The van der Waals surface area contributed by atoms with Gasteiger partial charge in [0.15, 0.2) is 0 Å². The van der Waals surface area contributed by atoms with E-state index in [0.717, 1.165) is 38.2 Å². The molecule has 0 spiro atoms. The summed E-state index contributed by atoms with van der Waals surface area (Å²) < 4.78 is 5.72. The van der Waals surface area contributed by atoms with Crippen molar-refractivity contribution in [2.24, 2.45) is 0 Å². The van der Waals surface area contributed by atoms with Crippen molar-refractivity contribution in [3.8, 4) is 5.75 Å². The molecule has 0 radical (unpaired) electrons. The fourth-order valence-electron chi connectivity index (χ4n) is 2.68. The Labute approximate surface area is 132 Å². The summed E-state index contributed by atoms with van der Waals surface area (Å²) in [7, 11) is 0. The first-order chi connectivity index (χ1) is 10.1. The molecule has 0 amide bonds. The summed E-state index contributed by atoms with van der Waals surface area (Å²) in [5.41, 5.74) is -0.603. The number of ether oxygens (including phenoxy) is 1. The molecule has 5 heteroatoms. The summed E-state index contributed by atoms with van der Waals surface area (Å²) in [6.07, 6.45) is 1.91. The second-order valence-corrected chi connectivity index (χ2v) is 6.11. The number of piperidine rings is 1. The van der Waals surface area contributed by atoms with Crippen molar-refractivity contribution in [3.63, 3.8) is 0 Å². The Kier molecular flexibility index (Phi) is 6.30. The molecule has 0 saturated carbocycles. The molecule has 1 aliphatic heterocycles. The molecule has 4 nitrogen and oxygen atoms in total. The number of nitrogens with zero attached hydrogens (tertiary/aromatic N) is 1. The largest absolute Gasteiger partial charge is 0.492 e. The summed E-state index contributed by atoms with van der Waals surface area (Å²) >= 11 is 5.84. The maximum atomic E-state index is 10.6. The number of nitrogens with one attached hydrogen (secondary N) is 1. The van der Waals surface area contributed by atoms with E-state index in [0.29, 0.717) is 24.7 Å². The van der Waals surface area contributed by atoms with E-state index < -0.39 is 5.60 Å². The third-order valence-corrected chi connectivity index (χ3v) is 4.16. The Hall–Kier alpha value is -0.810. The minimum Gasteiger partial charge on any atom is -0.492 e. The third kappa shape index (κ3) is 5.47. The van der Waals surface area contributed by atoms with Gasteiger partial charge in [0.1, 0.15) is 12.4 Å². The van der Waals surface area contributed by atoms with E-state index in [-0.39, 0.29) is 0 Å². The zero-order valence-electron chi connectivity index (χ0n) is 12.6. The van der Waals surface area contributed by atoms with Gasteiger partial charge < -0.3 is 15.2 Å². The molecule has 1 aromatic rings. The average molecular weight is 313 g/mol. The van der Waals surface area contributed by atoms with E-state index in [9.17, 15) is 5.11 Å². The molecule has 0 bridgehead atoms. The van der Waals surface area contributed by atoms with Gasteiger partial charge in [-0.1, -0.05) is 18.5 Å². The Morgan fingerprint density at radius 2 is 2.14 bits per heavy atom. The van der Waals surface area contributed by atoms with Gasteiger partial charge in [0.25, 0.3) is 0 Å². The maximum absolute atomic E-state index is 10.6. The van der Waals surface area contributed by atoms with Gasteiger partial charge in [0, 0.05) is 24.7 Å². The second kappa shape index (κ2) is 7.99. The molecule has 0 aliphatic carbocycles. The lowest BCUT2D eigenvalue weighted by Crippen LogP contribution is -2.53. The van der Waals surface area contributed by atoms with Crippen LogP contribution >= 0.6 is 11.6 Å². The number of halogens is 1. The first-order valence-corrected chi connectivity index (χ1v) is 8.03. The van der Waals surface area contributed by atoms with Crippen LogP contribution < -0.4 is 10.1 Å². The lowest BCUT2D eigenvalue weighted by atomic mass is 9.93. The molecule has 2 rings (SSSR count). The monoisotopic (exact) mass is 312 g/mol. The molecule has 0 unspecified atom stereocenters. The molecule has 1 saturated heterocycles. The molecule has 1 aliphatic rings. The van der Waals surface area contributed by atoms with Gasteiger partial charge >= 0.3 is 0 Å². The molecular formula is C16H25ClN2O2. The summed E-state index contributed by atoms with van der Waals surface area (Å²) in [5, 5.41) is 14.5. The van der Waals surface area contributed by atoms with Crippen LogP contribution in [0.3, 0.4) is 0 Å². The standard InChI is InChI=1S/C16H25ClN2O2/c1-2-19(13-16(20)8-3-9-18-12-16)10-11-21-15-6-4-14(17)5-7-15/h4-7,18,20H,2-3,8-13H2,1H3/t16-/m1/s1. The smallest absolute Gasteiger partial charge is 0.119 e. The van der Waals surface area contributed by atoms with Crippen molar-refractivity contribution in [3.05, 3.63) is 29.3 Å². The average Bonchev–Trinajstić information content (AvgIpc) is 2.49. The highest BCUT2D eigenvalue weighted by Gasteiger charge is 2.30. The Balaban J connectivity index is 1.75. The number of aliphatic hydroxyl groups is 1. The predicted molar refractivity (Wildman–Crippen MR) is 86.1 cm³/mol. The van der Waals surface area contributed by atoms with Crippen molar-refractivity contribution in [2.45, 2.75) is 25.4 Å². The number of hydrogen-bond acceptors (Lipinski definition) is 4. The third-order valence-electron chi connectivity index (χ3n) is 3.90.